The molecule has 0 bridgehead atoms. The Kier molecular flexibility index (Phi) is 12.2. The summed E-state index contributed by atoms with van der Waals surface area (Å²) in [5.41, 5.74) is 5.79. The third kappa shape index (κ3) is 8.28. The number of aliphatic hydroxyl groups excluding tert-OH is 2. The van der Waals surface area contributed by atoms with E-state index in [9.17, 15) is 25.5 Å². The predicted octanol–water partition coefficient (Wildman–Crippen LogP) is 8.85. The number of methoxy groups -OCH3 is 1. The zero-order valence-electron chi connectivity index (χ0n) is 34.7. The van der Waals surface area contributed by atoms with Gasteiger partial charge < -0.3 is 54.0 Å². The monoisotopic (exact) mass is 832 g/mol. The molecule has 3 heterocycles. The highest BCUT2D eigenvalue weighted by Crippen LogP contribution is 2.57. The molecule has 5 N–H and O–H groups in total. The van der Waals surface area contributed by atoms with Gasteiger partial charge in [0.1, 0.15) is 46.4 Å². The average Bonchev–Trinajstić information content (AvgIpc) is 3.77. The largest absolute Gasteiger partial charge is 0.508 e. The molecule has 4 aliphatic rings. The van der Waals surface area contributed by atoms with Gasteiger partial charge in [0.2, 0.25) is 0 Å². The molecular weight excluding hydrogens is 777 g/mol. The van der Waals surface area contributed by atoms with E-state index < -0.39 is 30.1 Å². The van der Waals surface area contributed by atoms with Crippen molar-refractivity contribution in [2.24, 2.45) is 11.8 Å². The van der Waals surface area contributed by atoms with Crippen LogP contribution in [0.25, 0.3) is 21.9 Å². The van der Waals surface area contributed by atoms with Crippen LogP contribution in [0.1, 0.15) is 91.4 Å². The van der Waals surface area contributed by atoms with E-state index in [2.05, 4.69) is 0 Å². The van der Waals surface area contributed by atoms with Crippen molar-refractivity contribution in [1.82, 2.24) is 0 Å². The lowest BCUT2D eigenvalue weighted by Gasteiger charge is -2.47. The van der Waals surface area contributed by atoms with Gasteiger partial charge in [-0.2, -0.15) is 0 Å². The van der Waals surface area contributed by atoms with Gasteiger partial charge in [0.15, 0.2) is 0 Å². The number of hydrogen-bond acceptors (Lipinski definition) is 11. The Balaban J connectivity index is 1.16. The summed E-state index contributed by atoms with van der Waals surface area (Å²) in [5.74, 6) is 2.17. The summed E-state index contributed by atoms with van der Waals surface area (Å²) in [4.78, 5) is 0. The van der Waals surface area contributed by atoms with Crippen LogP contribution >= 0.6 is 0 Å². The lowest BCUT2D eigenvalue weighted by atomic mass is 9.71. The molecule has 0 amide bonds. The van der Waals surface area contributed by atoms with Crippen LogP contribution in [0.2, 0.25) is 0 Å². The molecule has 0 saturated heterocycles. The minimum Gasteiger partial charge on any atom is -0.508 e. The Morgan fingerprint density at radius 3 is 2.41 bits per heavy atom. The Bertz CT molecular complexity index is 2350. The van der Waals surface area contributed by atoms with E-state index in [0.717, 1.165) is 82.7 Å². The van der Waals surface area contributed by atoms with E-state index in [1.54, 1.807) is 49.6 Å². The molecule has 0 spiro atoms. The van der Waals surface area contributed by atoms with Gasteiger partial charge in [0.25, 0.3) is 0 Å². The van der Waals surface area contributed by atoms with Gasteiger partial charge in [-0.25, -0.2) is 0 Å². The van der Waals surface area contributed by atoms with Crippen molar-refractivity contribution in [2.45, 2.75) is 88.6 Å². The number of phenolic OH excluding ortho intramolecular Hbond substituents is 3. The molecule has 9 rings (SSSR count). The molecule has 5 atom stereocenters. The third-order valence-electron chi connectivity index (χ3n) is 13.0. The molecule has 11 nitrogen and oxygen atoms in total. The number of aliphatic hydroxyl groups is 2. The molecule has 322 valence electrons. The Hall–Kier alpha value is -5.20. The van der Waals surface area contributed by atoms with Crippen LogP contribution in [-0.2, 0) is 22.3 Å². The second kappa shape index (κ2) is 18.0. The van der Waals surface area contributed by atoms with Crippen LogP contribution in [0.5, 0.6) is 40.2 Å². The average molecular weight is 833 g/mol. The van der Waals surface area contributed by atoms with Gasteiger partial charge in [0.05, 0.1) is 31.5 Å². The van der Waals surface area contributed by atoms with Gasteiger partial charge in [-0.15, -0.1) is 0 Å². The molecular formula is C50H56O11. The summed E-state index contributed by atoms with van der Waals surface area (Å²) in [7, 11) is 1.68. The number of aromatic hydroxyl groups is 3. The van der Waals surface area contributed by atoms with Crippen LogP contribution in [-0.4, -0.2) is 77.9 Å². The minimum atomic E-state index is -1.00. The van der Waals surface area contributed by atoms with E-state index in [-0.39, 0.29) is 36.6 Å². The van der Waals surface area contributed by atoms with Gasteiger partial charge in [0, 0.05) is 78.2 Å². The summed E-state index contributed by atoms with van der Waals surface area (Å²) in [6.07, 6.45) is 5.87. The van der Waals surface area contributed by atoms with Gasteiger partial charge in [-0.05, 0) is 129 Å². The molecule has 1 saturated carbocycles. The maximum atomic E-state index is 12.9. The fraction of sp³-hybridized carbons (Fsp3) is 0.440. The van der Waals surface area contributed by atoms with Crippen molar-refractivity contribution >= 4 is 10.8 Å². The maximum Gasteiger partial charge on any atom is 0.133 e. The van der Waals surface area contributed by atoms with Crippen LogP contribution < -0.4 is 18.9 Å². The number of ether oxygens (including phenoxy) is 6. The van der Waals surface area contributed by atoms with Gasteiger partial charge >= 0.3 is 0 Å². The lowest BCUT2D eigenvalue weighted by Crippen LogP contribution is -2.47. The van der Waals surface area contributed by atoms with Gasteiger partial charge in [-0.1, -0.05) is 18.2 Å². The van der Waals surface area contributed by atoms with E-state index in [1.807, 2.05) is 30.3 Å². The summed E-state index contributed by atoms with van der Waals surface area (Å²) in [6, 6.07) is 21.5. The second-order valence-corrected chi connectivity index (χ2v) is 17.0. The molecule has 0 radical (unpaired) electrons. The van der Waals surface area contributed by atoms with Gasteiger partial charge in [-0.3, -0.25) is 0 Å². The molecule has 3 aliphatic heterocycles. The zero-order valence-corrected chi connectivity index (χ0v) is 34.7. The number of rotatable bonds is 14. The number of phenols is 3. The third-order valence-corrected chi connectivity index (χ3v) is 13.0. The quantitative estimate of drug-likeness (QED) is 0.0682. The zero-order chi connectivity index (χ0) is 42.0. The first-order chi connectivity index (χ1) is 29.8. The summed E-state index contributed by atoms with van der Waals surface area (Å²) >= 11 is 0. The molecule has 0 unspecified atom stereocenters. The van der Waals surface area contributed by atoms with E-state index in [4.69, 9.17) is 28.4 Å². The highest BCUT2D eigenvalue weighted by atomic mass is 16.5. The lowest BCUT2D eigenvalue weighted by molar-refractivity contribution is -0.114. The van der Waals surface area contributed by atoms with Crippen molar-refractivity contribution in [3.63, 3.8) is 0 Å². The molecule has 11 heteroatoms. The molecule has 5 aromatic rings. The maximum absolute atomic E-state index is 12.9. The fourth-order valence-corrected chi connectivity index (χ4v) is 10.2. The first-order valence-corrected chi connectivity index (χ1v) is 21.9. The Labute approximate surface area is 356 Å². The van der Waals surface area contributed by atoms with Crippen LogP contribution in [0.3, 0.4) is 0 Å². The molecule has 1 fully saturated rings. The Morgan fingerprint density at radius 1 is 0.770 bits per heavy atom. The second-order valence-electron chi connectivity index (χ2n) is 17.0. The predicted molar refractivity (Wildman–Crippen MR) is 230 cm³/mol. The molecule has 5 aromatic carbocycles. The Morgan fingerprint density at radius 2 is 1.59 bits per heavy atom. The standard InChI is InChI=1S/C50H56O11/c1-56-19-6-13-43-44(50(58-21-7-18-51)45-39-12-5-20-57-48(39)40-26-34(54)15-17-38(40)49(45)61-43)42-28-59-47-31(25-36(27-41(47)46(42)55)60-35-10-2-3-11-35)22-30-24-33(53)14-16-37(30)29-8-4-9-32(52)23-29/h4,8-9,14-17,23-27,35,42-44,46,50-55H,2-3,5-7,10-13,18-22,28H2,1H3/t42-,43-,44+,46+,50+/m0/s1. The van der Waals surface area contributed by atoms with Crippen molar-refractivity contribution in [3.8, 4) is 51.4 Å². The van der Waals surface area contributed by atoms with Crippen molar-refractivity contribution in [2.75, 3.05) is 40.1 Å². The molecule has 1 aliphatic carbocycles. The highest BCUT2D eigenvalue weighted by Gasteiger charge is 2.50. The van der Waals surface area contributed by atoms with Crippen LogP contribution in [0.4, 0.5) is 0 Å². The smallest absolute Gasteiger partial charge is 0.133 e. The fourth-order valence-electron chi connectivity index (χ4n) is 10.2. The van der Waals surface area contributed by atoms with Crippen molar-refractivity contribution in [3.05, 3.63) is 101 Å². The minimum absolute atomic E-state index is 0.0301. The first-order valence-electron chi connectivity index (χ1n) is 21.9. The SMILES string of the molecule is COCCC[C@@H]1Oc2c(c3c(c4cc(O)ccc24)OCCC3)[C@H](OCCCO)[C@@H]1[C@@H]1COc2c(Cc3cc(O)ccc3-c3cccc(O)c3)cc(OC3CCCC3)cc2[C@H]1O. The molecule has 61 heavy (non-hydrogen) atoms. The van der Waals surface area contributed by atoms with Crippen molar-refractivity contribution in [1.29, 1.82) is 0 Å². The van der Waals surface area contributed by atoms with E-state index in [1.165, 1.54) is 0 Å². The van der Waals surface area contributed by atoms with E-state index in [0.29, 0.717) is 74.1 Å². The number of fused-ring (bicyclic) bond motifs is 7. The normalized spacial score (nSPS) is 22.1. The summed E-state index contributed by atoms with van der Waals surface area (Å²) < 4.78 is 39.5. The number of hydrogen-bond donors (Lipinski definition) is 5. The van der Waals surface area contributed by atoms with Crippen molar-refractivity contribution < 1.29 is 54.0 Å². The molecule has 0 aromatic heterocycles. The summed E-state index contributed by atoms with van der Waals surface area (Å²) in [6.45, 7) is 1.51. The highest BCUT2D eigenvalue weighted by molar-refractivity contribution is 5.97. The summed E-state index contributed by atoms with van der Waals surface area (Å²) in [5, 5.41) is 56.1. The van der Waals surface area contributed by atoms with Crippen LogP contribution in [0, 0.1) is 11.8 Å². The number of benzene rings is 5. The van der Waals surface area contributed by atoms with E-state index >= 15 is 0 Å². The first kappa shape index (κ1) is 41.2. The van der Waals surface area contributed by atoms with Crippen LogP contribution in [0.15, 0.2) is 72.8 Å². The topological polar surface area (TPSA) is 157 Å².